The fourth-order valence-corrected chi connectivity index (χ4v) is 3.29. The van der Waals surface area contributed by atoms with Crippen LogP contribution >= 0.6 is 0 Å². The molecule has 0 aliphatic carbocycles. The highest BCUT2D eigenvalue weighted by Crippen LogP contribution is 2.24. The van der Waals surface area contributed by atoms with Crippen LogP contribution in [0.4, 0.5) is 5.82 Å². The Balaban J connectivity index is 1.33. The van der Waals surface area contributed by atoms with Crippen molar-refractivity contribution < 1.29 is 9.53 Å². The molecule has 4 heterocycles. The van der Waals surface area contributed by atoms with Gasteiger partial charge in [0.25, 0.3) is 0 Å². The van der Waals surface area contributed by atoms with E-state index in [1.807, 2.05) is 32.0 Å². The quantitative estimate of drug-likeness (QED) is 0.676. The number of anilines is 1. The normalized spacial score (nSPS) is 13.8. The topological polar surface area (TPSA) is 98.1 Å². The predicted octanol–water partition coefficient (Wildman–Crippen LogP) is 1.44. The van der Waals surface area contributed by atoms with Crippen LogP contribution < -0.4 is 15.0 Å². The molecule has 4 rings (SSSR count). The summed E-state index contributed by atoms with van der Waals surface area (Å²) in [4.78, 5) is 27.3. The van der Waals surface area contributed by atoms with Gasteiger partial charge in [-0.3, -0.25) is 4.79 Å². The summed E-state index contributed by atoms with van der Waals surface area (Å²) in [6.07, 6.45) is 3.23. The lowest BCUT2D eigenvalue weighted by Crippen LogP contribution is -2.54. The second kappa shape index (κ2) is 7.86. The molecule has 9 nitrogen and oxygen atoms in total. The third kappa shape index (κ3) is 4.03. The predicted molar refractivity (Wildman–Crippen MR) is 107 cm³/mol. The fourth-order valence-electron chi connectivity index (χ4n) is 3.29. The molecule has 0 spiro atoms. The number of aryl methyl sites for hydroxylation is 2. The maximum absolute atomic E-state index is 12.4. The van der Waals surface area contributed by atoms with E-state index in [1.54, 1.807) is 24.1 Å². The number of nitrogens with zero attached hydrogens (tertiary/aromatic N) is 6. The van der Waals surface area contributed by atoms with Gasteiger partial charge in [0.1, 0.15) is 12.1 Å². The number of amides is 1. The monoisotopic (exact) mass is 393 g/mol. The Kier molecular flexibility index (Phi) is 5.11. The molecule has 1 aliphatic rings. The highest BCUT2D eigenvalue weighted by Gasteiger charge is 2.33. The molecule has 3 aromatic heterocycles. The summed E-state index contributed by atoms with van der Waals surface area (Å²) >= 11 is 0. The maximum atomic E-state index is 12.4. The standard InChI is InChI=1S/C20H23N7O2/c1-13-6-14(2)27(25-13)18-7-17(23-12-24-18)26-10-16(11-26)20(28)22-9-15-4-5-19(29-3)21-8-15/h4-8,12,16H,9-11H2,1-3H3,(H,22,28). The second-order valence-corrected chi connectivity index (χ2v) is 7.10. The summed E-state index contributed by atoms with van der Waals surface area (Å²) in [5.41, 5.74) is 2.89. The number of nitrogens with one attached hydrogen (secondary N) is 1. The van der Waals surface area contributed by atoms with Gasteiger partial charge in [0.2, 0.25) is 11.8 Å². The molecule has 0 saturated carbocycles. The van der Waals surface area contributed by atoms with E-state index in [0.29, 0.717) is 25.5 Å². The van der Waals surface area contributed by atoms with Gasteiger partial charge in [0.05, 0.1) is 18.7 Å². The van der Waals surface area contributed by atoms with Gasteiger partial charge in [0, 0.05) is 43.7 Å². The van der Waals surface area contributed by atoms with Crippen molar-refractivity contribution in [3.63, 3.8) is 0 Å². The first-order valence-corrected chi connectivity index (χ1v) is 9.41. The highest BCUT2D eigenvalue weighted by molar-refractivity contribution is 5.81. The van der Waals surface area contributed by atoms with Crippen LogP contribution in [0.25, 0.3) is 5.82 Å². The zero-order valence-electron chi connectivity index (χ0n) is 16.7. The number of hydrogen-bond donors (Lipinski definition) is 1. The molecule has 0 bridgehead atoms. The minimum absolute atomic E-state index is 0.0323. The lowest BCUT2D eigenvalue weighted by atomic mass is 9.99. The molecule has 1 amide bonds. The number of pyridine rings is 1. The summed E-state index contributed by atoms with van der Waals surface area (Å²) in [6, 6.07) is 7.57. The van der Waals surface area contributed by atoms with Crippen molar-refractivity contribution >= 4 is 11.7 Å². The van der Waals surface area contributed by atoms with Crippen molar-refractivity contribution in [3.8, 4) is 11.7 Å². The molecule has 1 N–H and O–H groups in total. The van der Waals surface area contributed by atoms with Gasteiger partial charge >= 0.3 is 0 Å². The first kappa shape index (κ1) is 18.9. The first-order chi connectivity index (χ1) is 14.0. The summed E-state index contributed by atoms with van der Waals surface area (Å²) in [5, 5.41) is 7.43. The van der Waals surface area contributed by atoms with Crippen LogP contribution in [0.3, 0.4) is 0 Å². The van der Waals surface area contributed by atoms with E-state index in [1.165, 1.54) is 6.33 Å². The third-order valence-corrected chi connectivity index (χ3v) is 4.91. The molecule has 0 radical (unpaired) electrons. The van der Waals surface area contributed by atoms with E-state index in [9.17, 15) is 4.79 Å². The van der Waals surface area contributed by atoms with Gasteiger partial charge in [-0.1, -0.05) is 6.07 Å². The largest absolute Gasteiger partial charge is 0.481 e. The van der Waals surface area contributed by atoms with E-state index in [4.69, 9.17) is 4.74 Å². The third-order valence-electron chi connectivity index (χ3n) is 4.91. The van der Waals surface area contributed by atoms with E-state index in [0.717, 1.165) is 28.6 Å². The molecular weight excluding hydrogens is 370 g/mol. The minimum Gasteiger partial charge on any atom is -0.481 e. The first-order valence-electron chi connectivity index (χ1n) is 9.41. The number of carbonyl (C=O) groups is 1. The summed E-state index contributed by atoms with van der Waals surface area (Å²) < 4.78 is 6.84. The molecule has 1 aliphatic heterocycles. The van der Waals surface area contributed by atoms with Crippen LogP contribution in [0.15, 0.2) is 36.8 Å². The van der Waals surface area contributed by atoms with Gasteiger partial charge in [-0.2, -0.15) is 5.10 Å². The number of rotatable bonds is 6. The van der Waals surface area contributed by atoms with Gasteiger partial charge in [0.15, 0.2) is 5.82 Å². The maximum Gasteiger partial charge on any atom is 0.226 e. The molecule has 0 unspecified atom stereocenters. The zero-order valence-corrected chi connectivity index (χ0v) is 16.7. The van der Waals surface area contributed by atoms with Crippen molar-refractivity contribution in [1.29, 1.82) is 0 Å². The number of aromatic nitrogens is 5. The van der Waals surface area contributed by atoms with E-state index >= 15 is 0 Å². The number of hydrogen-bond acceptors (Lipinski definition) is 7. The van der Waals surface area contributed by atoms with Crippen molar-refractivity contribution in [2.75, 3.05) is 25.1 Å². The van der Waals surface area contributed by atoms with Crippen LogP contribution in [0, 0.1) is 19.8 Å². The number of carbonyl (C=O) groups excluding carboxylic acids is 1. The molecule has 1 fully saturated rings. The van der Waals surface area contributed by atoms with Gasteiger partial charge in [-0.15, -0.1) is 0 Å². The van der Waals surface area contributed by atoms with Crippen LogP contribution in [0.5, 0.6) is 5.88 Å². The molecule has 1 saturated heterocycles. The van der Waals surface area contributed by atoms with E-state index in [-0.39, 0.29) is 11.8 Å². The van der Waals surface area contributed by atoms with Gasteiger partial charge < -0.3 is 15.0 Å². The molecule has 0 aromatic carbocycles. The Hall–Kier alpha value is -3.49. The summed E-state index contributed by atoms with van der Waals surface area (Å²) in [7, 11) is 1.57. The van der Waals surface area contributed by atoms with Crippen molar-refractivity contribution in [2.45, 2.75) is 20.4 Å². The molecule has 150 valence electrons. The highest BCUT2D eigenvalue weighted by atomic mass is 16.5. The van der Waals surface area contributed by atoms with Crippen LogP contribution in [0.1, 0.15) is 17.0 Å². The molecule has 3 aromatic rings. The molecule has 0 atom stereocenters. The number of ether oxygens (including phenoxy) is 1. The van der Waals surface area contributed by atoms with Crippen molar-refractivity contribution in [3.05, 3.63) is 53.7 Å². The SMILES string of the molecule is COc1ccc(CNC(=O)C2CN(c3cc(-n4nc(C)cc4C)ncn3)C2)cn1. The van der Waals surface area contributed by atoms with Crippen molar-refractivity contribution in [1.82, 2.24) is 30.0 Å². The zero-order chi connectivity index (χ0) is 20.4. The van der Waals surface area contributed by atoms with Gasteiger partial charge in [-0.05, 0) is 25.5 Å². The number of methoxy groups -OCH3 is 1. The Morgan fingerprint density at radius 1 is 1.17 bits per heavy atom. The van der Waals surface area contributed by atoms with Gasteiger partial charge in [-0.25, -0.2) is 19.6 Å². The smallest absolute Gasteiger partial charge is 0.226 e. The fraction of sp³-hybridized carbons (Fsp3) is 0.350. The Morgan fingerprint density at radius 3 is 2.62 bits per heavy atom. The van der Waals surface area contributed by atoms with Crippen LogP contribution in [-0.4, -0.2) is 50.8 Å². The Labute approximate surface area is 168 Å². The van der Waals surface area contributed by atoms with E-state index in [2.05, 4.69) is 30.3 Å². The molecule has 29 heavy (non-hydrogen) atoms. The minimum atomic E-state index is -0.0618. The lowest BCUT2D eigenvalue weighted by Gasteiger charge is -2.39. The molecular formula is C20H23N7O2. The van der Waals surface area contributed by atoms with E-state index < -0.39 is 0 Å². The Morgan fingerprint density at radius 2 is 1.97 bits per heavy atom. The Bertz CT molecular complexity index is 1010. The van der Waals surface area contributed by atoms with Crippen LogP contribution in [-0.2, 0) is 11.3 Å². The lowest BCUT2D eigenvalue weighted by molar-refractivity contribution is -0.125. The molecule has 9 heteroatoms. The van der Waals surface area contributed by atoms with Crippen molar-refractivity contribution in [2.24, 2.45) is 5.92 Å². The van der Waals surface area contributed by atoms with Crippen LogP contribution in [0.2, 0.25) is 0 Å². The second-order valence-electron chi connectivity index (χ2n) is 7.10. The average molecular weight is 393 g/mol. The summed E-state index contributed by atoms with van der Waals surface area (Å²) in [6.45, 7) is 5.64. The average Bonchev–Trinajstić information content (AvgIpc) is 3.04. The summed E-state index contributed by atoms with van der Waals surface area (Å²) in [5.74, 6) is 2.05.